The molecule has 0 spiro atoms. The summed E-state index contributed by atoms with van der Waals surface area (Å²) in [7, 11) is 0. The minimum absolute atomic E-state index is 0.192. The number of piperidine rings is 1. The van der Waals surface area contributed by atoms with Crippen LogP contribution < -0.4 is 0 Å². The van der Waals surface area contributed by atoms with Crippen molar-refractivity contribution in [2.24, 2.45) is 11.8 Å². The minimum Gasteiger partial charge on any atom is -0.339 e. The standard InChI is InChI=1S/C19H26NO/c1-15-7-9-18(10-8-15)19(21)20-13-11-17(12-14-20)16-5-3-2-4-6-16/h7-10,16-17H,1-6,11-14H2. The van der Waals surface area contributed by atoms with E-state index < -0.39 is 0 Å². The van der Waals surface area contributed by atoms with Gasteiger partial charge in [-0.15, -0.1) is 0 Å². The van der Waals surface area contributed by atoms with Crippen molar-refractivity contribution < 1.29 is 4.79 Å². The van der Waals surface area contributed by atoms with E-state index in [2.05, 4.69) is 6.92 Å². The Hall–Kier alpha value is -1.31. The average Bonchev–Trinajstić information content (AvgIpc) is 2.56. The summed E-state index contributed by atoms with van der Waals surface area (Å²) in [6.45, 7) is 5.74. The summed E-state index contributed by atoms with van der Waals surface area (Å²) in [4.78, 5) is 14.5. The maximum absolute atomic E-state index is 12.5. The van der Waals surface area contributed by atoms with Crippen molar-refractivity contribution in [3.8, 4) is 0 Å². The lowest BCUT2D eigenvalue weighted by Crippen LogP contribution is -2.40. The van der Waals surface area contributed by atoms with Gasteiger partial charge in [0.05, 0.1) is 0 Å². The largest absolute Gasteiger partial charge is 0.339 e. The Kier molecular flexibility index (Phi) is 4.62. The van der Waals surface area contributed by atoms with Crippen LogP contribution in [0.2, 0.25) is 0 Å². The summed E-state index contributed by atoms with van der Waals surface area (Å²) in [5.41, 5.74) is 1.76. The van der Waals surface area contributed by atoms with Gasteiger partial charge in [0, 0.05) is 18.7 Å². The molecule has 21 heavy (non-hydrogen) atoms. The third-order valence-corrected chi connectivity index (χ3v) is 5.34. The molecule has 1 heterocycles. The molecule has 2 aliphatic rings. The van der Waals surface area contributed by atoms with Gasteiger partial charge in [0.2, 0.25) is 0 Å². The average molecular weight is 284 g/mol. The topological polar surface area (TPSA) is 20.3 Å². The summed E-state index contributed by atoms with van der Waals surface area (Å²) in [6.07, 6.45) is 9.50. The van der Waals surface area contributed by atoms with Crippen molar-refractivity contribution in [2.45, 2.75) is 44.9 Å². The van der Waals surface area contributed by atoms with Gasteiger partial charge in [0.15, 0.2) is 0 Å². The molecule has 1 saturated heterocycles. The number of nitrogens with zero attached hydrogens (tertiary/aromatic N) is 1. The molecule has 1 saturated carbocycles. The smallest absolute Gasteiger partial charge is 0.253 e. The molecule has 1 amide bonds. The van der Waals surface area contributed by atoms with Crippen molar-refractivity contribution in [3.63, 3.8) is 0 Å². The molecule has 2 fully saturated rings. The second kappa shape index (κ2) is 6.64. The molecule has 1 radical (unpaired) electrons. The zero-order chi connectivity index (χ0) is 14.7. The number of hydrogen-bond donors (Lipinski definition) is 0. The lowest BCUT2D eigenvalue weighted by Gasteiger charge is -2.37. The van der Waals surface area contributed by atoms with Crippen LogP contribution in [-0.2, 0) is 0 Å². The normalized spacial score (nSPS) is 21.5. The number of benzene rings is 1. The third-order valence-electron chi connectivity index (χ3n) is 5.34. The van der Waals surface area contributed by atoms with Gasteiger partial charge in [-0.2, -0.15) is 0 Å². The van der Waals surface area contributed by atoms with Crippen LogP contribution in [0.5, 0.6) is 0 Å². The van der Waals surface area contributed by atoms with Crippen molar-refractivity contribution in [3.05, 3.63) is 42.3 Å². The van der Waals surface area contributed by atoms with Gasteiger partial charge in [0.25, 0.3) is 5.91 Å². The minimum atomic E-state index is 0.192. The Labute approximate surface area is 128 Å². The number of carbonyl (C=O) groups excluding carboxylic acids is 1. The first kappa shape index (κ1) is 14.6. The quantitative estimate of drug-likeness (QED) is 0.793. The number of rotatable bonds is 2. The second-order valence-electron chi connectivity index (χ2n) is 6.72. The maximum Gasteiger partial charge on any atom is 0.253 e. The zero-order valence-corrected chi connectivity index (χ0v) is 12.9. The van der Waals surface area contributed by atoms with E-state index in [-0.39, 0.29) is 5.91 Å². The van der Waals surface area contributed by atoms with Crippen LogP contribution in [0.4, 0.5) is 0 Å². The van der Waals surface area contributed by atoms with Crippen LogP contribution in [0.3, 0.4) is 0 Å². The first-order chi connectivity index (χ1) is 10.2. The zero-order valence-electron chi connectivity index (χ0n) is 12.9. The predicted molar refractivity (Wildman–Crippen MR) is 86.1 cm³/mol. The Bertz CT molecular complexity index is 465. The van der Waals surface area contributed by atoms with Gasteiger partial charge in [-0.05, 0) is 49.3 Å². The van der Waals surface area contributed by atoms with Crippen LogP contribution in [0, 0.1) is 18.8 Å². The molecule has 0 atom stereocenters. The Morgan fingerprint density at radius 3 is 2.10 bits per heavy atom. The molecule has 1 aromatic rings. The highest BCUT2D eigenvalue weighted by molar-refractivity contribution is 5.94. The van der Waals surface area contributed by atoms with Gasteiger partial charge in [-0.25, -0.2) is 0 Å². The molecule has 1 aliphatic heterocycles. The van der Waals surface area contributed by atoms with E-state index in [0.29, 0.717) is 0 Å². The fourth-order valence-electron chi connectivity index (χ4n) is 4.01. The van der Waals surface area contributed by atoms with Gasteiger partial charge in [-0.3, -0.25) is 4.79 Å². The fraction of sp³-hybridized carbons (Fsp3) is 0.579. The summed E-state index contributed by atoms with van der Waals surface area (Å²) in [5.74, 6) is 1.98. The summed E-state index contributed by atoms with van der Waals surface area (Å²) < 4.78 is 0. The molecular formula is C19H26NO. The third kappa shape index (κ3) is 3.48. The Balaban J connectivity index is 1.55. The molecule has 1 aliphatic carbocycles. The van der Waals surface area contributed by atoms with E-state index in [1.165, 1.54) is 44.9 Å². The predicted octanol–water partition coefficient (Wildman–Crippen LogP) is 4.30. The van der Waals surface area contributed by atoms with Crippen molar-refractivity contribution in [1.82, 2.24) is 4.90 Å². The first-order valence-corrected chi connectivity index (χ1v) is 8.45. The van der Waals surface area contributed by atoms with E-state index in [0.717, 1.165) is 36.1 Å². The summed E-state index contributed by atoms with van der Waals surface area (Å²) in [6, 6.07) is 7.64. The second-order valence-corrected chi connectivity index (χ2v) is 6.72. The van der Waals surface area contributed by atoms with E-state index >= 15 is 0 Å². The van der Waals surface area contributed by atoms with Gasteiger partial charge in [-0.1, -0.05) is 44.2 Å². The van der Waals surface area contributed by atoms with Gasteiger partial charge in [0.1, 0.15) is 0 Å². The monoisotopic (exact) mass is 284 g/mol. The van der Waals surface area contributed by atoms with Gasteiger partial charge >= 0.3 is 0 Å². The SMILES string of the molecule is [CH2]c1ccc(C(=O)N2CCC(C3CCCCC3)CC2)cc1. The van der Waals surface area contributed by atoms with Crippen LogP contribution >= 0.6 is 0 Å². The van der Waals surface area contributed by atoms with Crippen LogP contribution in [0.1, 0.15) is 60.9 Å². The van der Waals surface area contributed by atoms with Crippen molar-refractivity contribution in [2.75, 3.05) is 13.1 Å². The van der Waals surface area contributed by atoms with Crippen LogP contribution in [0.25, 0.3) is 0 Å². The number of likely N-dealkylation sites (tertiary alicyclic amines) is 1. The van der Waals surface area contributed by atoms with Crippen molar-refractivity contribution in [1.29, 1.82) is 0 Å². The van der Waals surface area contributed by atoms with Gasteiger partial charge < -0.3 is 4.90 Å². The molecule has 2 heteroatoms. The van der Waals surface area contributed by atoms with E-state index in [1.807, 2.05) is 29.2 Å². The van der Waals surface area contributed by atoms with Crippen molar-refractivity contribution >= 4 is 5.91 Å². The Morgan fingerprint density at radius 1 is 0.905 bits per heavy atom. The molecule has 0 N–H and O–H groups in total. The molecule has 2 nitrogen and oxygen atoms in total. The fourth-order valence-corrected chi connectivity index (χ4v) is 4.01. The first-order valence-electron chi connectivity index (χ1n) is 8.45. The highest BCUT2D eigenvalue weighted by Gasteiger charge is 2.29. The van der Waals surface area contributed by atoms with E-state index in [1.54, 1.807) is 0 Å². The molecule has 113 valence electrons. The Morgan fingerprint density at radius 2 is 1.48 bits per heavy atom. The van der Waals surface area contributed by atoms with Crippen LogP contribution in [-0.4, -0.2) is 23.9 Å². The highest BCUT2D eigenvalue weighted by Crippen LogP contribution is 2.35. The molecule has 0 aromatic heterocycles. The van der Waals surface area contributed by atoms with Crippen LogP contribution in [0.15, 0.2) is 24.3 Å². The highest BCUT2D eigenvalue weighted by atomic mass is 16.2. The molecular weight excluding hydrogens is 258 g/mol. The maximum atomic E-state index is 12.5. The van der Waals surface area contributed by atoms with E-state index in [9.17, 15) is 4.79 Å². The molecule has 3 rings (SSSR count). The summed E-state index contributed by atoms with van der Waals surface area (Å²) in [5, 5.41) is 0. The van der Waals surface area contributed by atoms with E-state index in [4.69, 9.17) is 0 Å². The lowest BCUT2D eigenvalue weighted by atomic mass is 9.76. The molecule has 1 aromatic carbocycles. The molecule has 0 unspecified atom stereocenters. The number of carbonyl (C=O) groups is 1. The summed E-state index contributed by atoms with van der Waals surface area (Å²) >= 11 is 0. The number of amides is 1. The lowest BCUT2D eigenvalue weighted by molar-refractivity contribution is 0.0638. The molecule has 0 bridgehead atoms. The number of hydrogen-bond acceptors (Lipinski definition) is 1.